The van der Waals surface area contributed by atoms with Gasteiger partial charge in [-0.05, 0) is 35.6 Å². The molecule has 2 nitrogen and oxygen atoms in total. The van der Waals surface area contributed by atoms with Crippen LogP contribution in [-0.4, -0.2) is 0 Å². The lowest BCUT2D eigenvalue weighted by Gasteiger charge is -2.08. The van der Waals surface area contributed by atoms with Gasteiger partial charge in [0.25, 0.3) is 0 Å². The summed E-state index contributed by atoms with van der Waals surface area (Å²) < 4.78 is 27.4. The summed E-state index contributed by atoms with van der Waals surface area (Å²) in [5.74, 6) is -1.37. The maximum atomic E-state index is 13.7. The van der Waals surface area contributed by atoms with E-state index in [1.54, 1.807) is 17.4 Å². The largest absolute Gasteiger partial charge is 0.308 e. The lowest BCUT2D eigenvalue weighted by Crippen LogP contribution is -2.15. The molecule has 0 aliphatic carbocycles. The molecule has 1 N–H and O–H groups in total. The van der Waals surface area contributed by atoms with E-state index in [0.29, 0.717) is 6.54 Å². The van der Waals surface area contributed by atoms with Crippen molar-refractivity contribution < 1.29 is 8.78 Å². The SMILES string of the molecule is CCc1ccsc1CNCc1c(F)cc(C#N)cc1F. The van der Waals surface area contributed by atoms with E-state index in [4.69, 9.17) is 5.26 Å². The second-order valence-electron chi connectivity index (χ2n) is 4.36. The van der Waals surface area contributed by atoms with Crippen molar-refractivity contribution in [1.29, 1.82) is 5.26 Å². The van der Waals surface area contributed by atoms with Gasteiger partial charge < -0.3 is 5.32 Å². The van der Waals surface area contributed by atoms with Crippen molar-refractivity contribution in [3.8, 4) is 6.07 Å². The monoisotopic (exact) mass is 292 g/mol. The highest BCUT2D eigenvalue weighted by molar-refractivity contribution is 7.10. The van der Waals surface area contributed by atoms with E-state index in [-0.39, 0.29) is 17.7 Å². The normalized spacial score (nSPS) is 10.5. The molecule has 20 heavy (non-hydrogen) atoms. The molecule has 0 aliphatic heterocycles. The van der Waals surface area contributed by atoms with Crippen LogP contribution in [0, 0.1) is 23.0 Å². The number of hydrogen-bond donors (Lipinski definition) is 1. The van der Waals surface area contributed by atoms with E-state index >= 15 is 0 Å². The molecule has 0 bridgehead atoms. The van der Waals surface area contributed by atoms with Gasteiger partial charge in [-0.1, -0.05) is 6.92 Å². The van der Waals surface area contributed by atoms with Gasteiger partial charge >= 0.3 is 0 Å². The number of halogens is 2. The fourth-order valence-corrected chi connectivity index (χ4v) is 2.92. The first-order valence-electron chi connectivity index (χ1n) is 6.29. The van der Waals surface area contributed by atoms with Crippen molar-refractivity contribution >= 4 is 11.3 Å². The van der Waals surface area contributed by atoms with Gasteiger partial charge in [0, 0.05) is 23.5 Å². The van der Waals surface area contributed by atoms with Gasteiger partial charge in [0.2, 0.25) is 0 Å². The second-order valence-corrected chi connectivity index (χ2v) is 5.36. The van der Waals surface area contributed by atoms with Crippen LogP contribution in [0.15, 0.2) is 23.6 Å². The average molecular weight is 292 g/mol. The number of nitrogens with zero attached hydrogens (tertiary/aromatic N) is 1. The third kappa shape index (κ3) is 3.21. The molecule has 0 unspecified atom stereocenters. The van der Waals surface area contributed by atoms with E-state index < -0.39 is 11.6 Å². The zero-order valence-electron chi connectivity index (χ0n) is 11.0. The van der Waals surface area contributed by atoms with Crippen LogP contribution in [0.2, 0.25) is 0 Å². The summed E-state index contributed by atoms with van der Waals surface area (Å²) in [6, 6.07) is 5.91. The van der Waals surface area contributed by atoms with Crippen LogP contribution < -0.4 is 5.32 Å². The molecule has 1 heterocycles. The van der Waals surface area contributed by atoms with E-state index in [2.05, 4.69) is 18.3 Å². The minimum absolute atomic E-state index is 0.00437. The first-order valence-corrected chi connectivity index (χ1v) is 7.17. The van der Waals surface area contributed by atoms with Gasteiger partial charge in [0.15, 0.2) is 0 Å². The van der Waals surface area contributed by atoms with Crippen LogP contribution >= 0.6 is 11.3 Å². The standard InChI is InChI=1S/C15H14F2N2S/c1-2-11-3-4-20-15(11)9-19-8-12-13(16)5-10(7-18)6-14(12)17/h3-6,19H,2,8-9H2,1H3. The Bertz CT molecular complexity index is 621. The Labute approximate surface area is 120 Å². The van der Waals surface area contributed by atoms with E-state index in [1.807, 2.05) is 5.38 Å². The smallest absolute Gasteiger partial charge is 0.131 e. The molecule has 1 aromatic carbocycles. The predicted molar refractivity (Wildman–Crippen MR) is 75.3 cm³/mol. The Hall–Kier alpha value is -1.77. The van der Waals surface area contributed by atoms with Crippen LogP contribution in [0.4, 0.5) is 8.78 Å². The average Bonchev–Trinajstić information content (AvgIpc) is 2.89. The van der Waals surface area contributed by atoms with E-state index in [1.165, 1.54) is 10.4 Å². The minimum Gasteiger partial charge on any atom is -0.308 e. The molecular formula is C15H14F2N2S. The number of hydrogen-bond acceptors (Lipinski definition) is 3. The maximum absolute atomic E-state index is 13.7. The molecule has 0 fully saturated rings. The molecule has 0 atom stereocenters. The number of rotatable bonds is 5. The zero-order valence-corrected chi connectivity index (χ0v) is 11.9. The summed E-state index contributed by atoms with van der Waals surface area (Å²) in [5, 5.41) is 13.7. The van der Waals surface area contributed by atoms with Gasteiger partial charge in [0.1, 0.15) is 11.6 Å². The number of benzene rings is 1. The molecule has 1 aromatic heterocycles. The second kappa shape index (κ2) is 6.60. The summed E-state index contributed by atoms with van der Waals surface area (Å²) >= 11 is 1.63. The highest BCUT2D eigenvalue weighted by Gasteiger charge is 2.11. The molecule has 0 amide bonds. The summed E-state index contributed by atoms with van der Waals surface area (Å²) in [6.07, 6.45) is 0.945. The quantitative estimate of drug-likeness (QED) is 0.911. The third-order valence-electron chi connectivity index (χ3n) is 3.08. The molecule has 0 spiro atoms. The van der Waals surface area contributed by atoms with Crippen LogP contribution in [0.3, 0.4) is 0 Å². The van der Waals surface area contributed by atoms with Gasteiger partial charge in [-0.15, -0.1) is 11.3 Å². The van der Waals surface area contributed by atoms with Crippen LogP contribution in [0.5, 0.6) is 0 Å². The molecule has 5 heteroatoms. The number of thiophene rings is 1. The van der Waals surface area contributed by atoms with Crippen molar-refractivity contribution in [3.05, 3.63) is 56.8 Å². The lowest BCUT2D eigenvalue weighted by atomic mass is 10.1. The minimum atomic E-state index is -0.684. The van der Waals surface area contributed by atoms with Gasteiger partial charge in [-0.25, -0.2) is 8.78 Å². The number of nitriles is 1. The molecule has 2 aromatic rings. The van der Waals surface area contributed by atoms with E-state index in [9.17, 15) is 8.78 Å². The molecule has 0 aliphatic rings. The Morgan fingerprint density at radius 3 is 2.55 bits per heavy atom. The molecule has 0 saturated heterocycles. The zero-order chi connectivity index (χ0) is 14.5. The molecular weight excluding hydrogens is 278 g/mol. The summed E-state index contributed by atoms with van der Waals surface area (Å²) in [7, 11) is 0. The Morgan fingerprint density at radius 1 is 1.25 bits per heavy atom. The van der Waals surface area contributed by atoms with Crippen LogP contribution in [0.25, 0.3) is 0 Å². The molecule has 104 valence electrons. The number of aryl methyl sites for hydroxylation is 1. The molecule has 0 saturated carbocycles. The molecule has 0 radical (unpaired) electrons. The first kappa shape index (κ1) is 14.6. The van der Waals surface area contributed by atoms with Gasteiger partial charge in [-0.3, -0.25) is 0 Å². The Kier molecular flexibility index (Phi) is 4.83. The number of nitrogens with one attached hydrogen (secondary N) is 1. The topological polar surface area (TPSA) is 35.8 Å². The Balaban J connectivity index is 2.03. The first-order chi connectivity index (χ1) is 9.65. The summed E-state index contributed by atoms with van der Waals surface area (Å²) in [6.45, 7) is 2.76. The van der Waals surface area contributed by atoms with E-state index in [0.717, 1.165) is 18.6 Å². The fourth-order valence-electron chi connectivity index (χ4n) is 1.97. The summed E-state index contributed by atoms with van der Waals surface area (Å²) in [4.78, 5) is 1.18. The summed E-state index contributed by atoms with van der Waals surface area (Å²) in [5.41, 5.74) is 1.22. The third-order valence-corrected chi connectivity index (χ3v) is 4.04. The Morgan fingerprint density at radius 2 is 1.95 bits per heavy atom. The van der Waals surface area contributed by atoms with Crippen molar-refractivity contribution in [3.63, 3.8) is 0 Å². The maximum Gasteiger partial charge on any atom is 0.131 e. The van der Waals surface area contributed by atoms with Crippen molar-refractivity contribution in [1.82, 2.24) is 5.32 Å². The molecule has 2 rings (SSSR count). The fraction of sp³-hybridized carbons (Fsp3) is 0.267. The van der Waals surface area contributed by atoms with Crippen molar-refractivity contribution in [2.75, 3.05) is 0 Å². The van der Waals surface area contributed by atoms with Crippen LogP contribution in [-0.2, 0) is 19.5 Å². The lowest BCUT2D eigenvalue weighted by molar-refractivity contribution is 0.535. The predicted octanol–water partition coefficient (Wildman–Crippen LogP) is 3.75. The van der Waals surface area contributed by atoms with Gasteiger partial charge in [0.05, 0.1) is 11.6 Å². The highest BCUT2D eigenvalue weighted by Crippen LogP contribution is 2.18. The van der Waals surface area contributed by atoms with Crippen molar-refractivity contribution in [2.24, 2.45) is 0 Å². The van der Waals surface area contributed by atoms with Crippen molar-refractivity contribution in [2.45, 2.75) is 26.4 Å². The van der Waals surface area contributed by atoms with Crippen LogP contribution in [0.1, 0.15) is 28.5 Å². The highest BCUT2D eigenvalue weighted by atomic mass is 32.1. The van der Waals surface area contributed by atoms with Gasteiger partial charge in [-0.2, -0.15) is 5.26 Å².